The highest BCUT2D eigenvalue weighted by molar-refractivity contribution is 7.46. The van der Waals surface area contributed by atoms with Gasteiger partial charge in [0.1, 0.15) is 20.4 Å². The van der Waals surface area contributed by atoms with Crippen LogP contribution < -0.4 is 5.31 Å². The summed E-state index contributed by atoms with van der Waals surface area (Å²) in [5.41, 5.74) is -2.32. The van der Waals surface area contributed by atoms with Crippen molar-refractivity contribution in [1.82, 2.24) is 5.31 Å². The van der Waals surface area contributed by atoms with Crippen LogP contribution in [0.5, 0.6) is 0 Å². The first-order valence-electron chi connectivity index (χ1n) is 4.18. The Kier molecular flexibility index (Phi) is 2.87. The van der Waals surface area contributed by atoms with E-state index in [0.717, 1.165) is 0 Å². The number of phosphoric ester groups is 1. The molecule has 0 spiro atoms. The summed E-state index contributed by atoms with van der Waals surface area (Å²) in [5.74, 6) is 0. The van der Waals surface area contributed by atoms with E-state index in [1.807, 2.05) is 0 Å². The summed E-state index contributed by atoms with van der Waals surface area (Å²) in [4.78, 5) is 16.8. The van der Waals surface area contributed by atoms with E-state index in [4.69, 9.17) is 16.3 Å². The van der Waals surface area contributed by atoms with Crippen LogP contribution in [-0.2, 0) is 9.09 Å². The van der Waals surface area contributed by atoms with Crippen molar-refractivity contribution < 1.29 is 35.6 Å². The van der Waals surface area contributed by atoms with Crippen molar-refractivity contribution in [3.63, 3.8) is 0 Å². The topological polar surface area (TPSA) is 139 Å². The maximum absolute atomic E-state index is 10.4. The van der Waals surface area contributed by atoms with Crippen molar-refractivity contribution in [1.29, 1.82) is 0 Å². The highest BCUT2D eigenvalue weighted by Crippen LogP contribution is 2.37. The van der Waals surface area contributed by atoms with Crippen molar-refractivity contribution in [3.8, 4) is 0 Å². The maximum atomic E-state index is 10.4. The molecule has 1 aliphatic heterocycles. The van der Waals surface area contributed by atoms with Crippen LogP contribution in [-0.4, -0.2) is 49.8 Å². The molecule has 84 valence electrons. The Balaban J connectivity index is 2.69. The second-order valence-electron chi connectivity index (χ2n) is 3.00. The summed E-state index contributed by atoms with van der Waals surface area (Å²) in [5, 5.41) is 28.2. The second-order valence-corrected chi connectivity index (χ2v) is 4.24. The van der Waals surface area contributed by atoms with E-state index in [9.17, 15) is 14.8 Å². The molecule has 14 heavy (non-hydrogen) atoms. The van der Waals surface area contributed by atoms with Crippen molar-refractivity contribution in [2.24, 2.45) is 0 Å². The van der Waals surface area contributed by atoms with Gasteiger partial charge in [0, 0.05) is 6.42 Å². The largest absolute Gasteiger partial charge is 0.469 e. The van der Waals surface area contributed by atoms with Crippen LogP contribution in [0.1, 0.15) is 6.42 Å². The Morgan fingerprint density at radius 3 is 2.57 bits per heavy atom. The summed E-state index contributed by atoms with van der Waals surface area (Å²) in [7, 11) is -4.80. The normalized spacial score (nSPS) is 41.4. The van der Waals surface area contributed by atoms with Crippen LogP contribution in [0, 0.1) is 0 Å². The van der Waals surface area contributed by atoms with Gasteiger partial charge in [-0.25, -0.2) is 4.57 Å². The van der Waals surface area contributed by atoms with Crippen molar-refractivity contribution in [2.45, 2.75) is 24.5 Å². The lowest BCUT2D eigenvalue weighted by molar-refractivity contribution is -0.102. The fourth-order valence-electron chi connectivity index (χ4n) is 1.10. The zero-order valence-electron chi connectivity index (χ0n) is 8.02. The van der Waals surface area contributed by atoms with E-state index in [0.29, 0.717) is 0 Å². The minimum Gasteiger partial charge on any atom is -0.388 e. The Labute approximate surface area is 80.8 Å². The smallest absolute Gasteiger partial charge is 0.388 e. The number of rotatable bonds is 3. The molecule has 8 nitrogen and oxygen atoms in total. The Morgan fingerprint density at radius 1 is 1.64 bits per heavy atom. The zero-order valence-corrected chi connectivity index (χ0v) is 7.91. The lowest BCUT2D eigenvalue weighted by Crippen LogP contribution is -2.52. The molecule has 3 atom stereocenters. The van der Waals surface area contributed by atoms with E-state index in [1.165, 1.54) is 0 Å². The maximum Gasteiger partial charge on any atom is 0.469 e. The quantitative estimate of drug-likeness (QED) is 0.291. The second kappa shape index (κ2) is 3.84. The number of phosphoric acid groups is 1. The van der Waals surface area contributed by atoms with Crippen LogP contribution in [0.4, 0.5) is 0 Å². The van der Waals surface area contributed by atoms with Crippen molar-refractivity contribution >= 4 is 7.82 Å². The van der Waals surface area contributed by atoms with E-state index >= 15 is 0 Å². The van der Waals surface area contributed by atoms with Gasteiger partial charge in [0.25, 0.3) is 0 Å². The van der Waals surface area contributed by atoms with Gasteiger partial charge in [-0.3, -0.25) is 9.83 Å². The molecule has 0 aliphatic carbocycles. The summed E-state index contributed by atoms with van der Waals surface area (Å²) in [6.07, 6.45) is -3.23. The monoisotopic (exact) mass is 230 g/mol. The SMILES string of the molecule is [2H]N1C(O)C[C@H](O)[C@]1(O)COP(=O)(O)O. The highest BCUT2D eigenvalue weighted by Gasteiger charge is 2.45. The van der Waals surface area contributed by atoms with Crippen molar-refractivity contribution in [3.05, 3.63) is 0 Å². The summed E-state index contributed by atoms with van der Waals surface area (Å²) in [6.45, 7) is -0.973. The molecular weight excluding hydrogens is 217 g/mol. The molecule has 0 bridgehead atoms. The molecule has 0 aromatic rings. The average molecular weight is 230 g/mol. The van der Waals surface area contributed by atoms with Crippen molar-refractivity contribution in [2.75, 3.05) is 6.61 Å². The molecule has 0 radical (unpaired) electrons. The first-order chi connectivity index (χ1) is 6.67. The van der Waals surface area contributed by atoms with Gasteiger partial charge >= 0.3 is 7.82 Å². The molecule has 0 saturated carbocycles. The number of hydrogen-bond acceptors (Lipinski definition) is 6. The van der Waals surface area contributed by atoms with E-state index < -0.39 is 32.5 Å². The predicted molar refractivity (Wildman–Crippen MR) is 42.7 cm³/mol. The van der Waals surface area contributed by atoms with Gasteiger partial charge in [-0.15, -0.1) is 0 Å². The summed E-state index contributed by atoms with van der Waals surface area (Å²) < 4.78 is 21.5. The molecule has 0 amide bonds. The lowest BCUT2D eigenvalue weighted by Gasteiger charge is -2.26. The number of nitrogens with one attached hydrogen (secondary N) is 1. The molecule has 9 heteroatoms. The molecule has 0 aromatic carbocycles. The third-order valence-electron chi connectivity index (χ3n) is 1.79. The van der Waals surface area contributed by atoms with E-state index in [1.54, 1.807) is 0 Å². The first-order valence-corrected chi connectivity index (χ1v) is 5.26. The van der Waals surface area contributed by atoms with Gasteiger partial charge in [-0.1, -0.05) is 0 Å². The molecule has 1 aliphatic rings. The third-order valence-corrected chi connectivity index (χ3v) is 2.25. The van der Waals surface area contributed by atoms with Gasteiger partial charge in [0.15, 0.2) is 5.72 Å². The molecule has 1 saturated heterocycles. The molecule has 1 fully saturated rings. The van der Waals surface area contributed by atoms with Gasteiger partial charge in [0.2, 0.25) is 0 Å². The van der Waals surface area contributed by atoms with Crippen LogP contribution in [0.3, 0.4) is 0 Å². The average Bonchev–Trinajstić information content (AvgIpc) is 2.27. The fourth-order valence-corrected chi connectivity index (χ4v) is 1.46. The number of hydrogen-bond donors (Lipinski definition) is 6. The Hall–Kier alpha value is -0.0500. The molecular formula is C5H12NO7P. The molecule has 1 unspecified atom stereocenters. The lowest BCUT2D eigenvalue weighted by atomic mass is 10.1. The molecule has 1 rings (SSSR count). The molecule has 1 heterocycles. The molecule has 0 aromatic heterocycles. The van der Waals surface area contributed by atoms with Gasteiger partial charge in [0.05, 0.1) is 0 Å². The summed E-state index contributed by atoms with van der Waals surface area (Å²) >= 11 is 0. The van der Waals surface area contributed by atoms with Crippen LogP contribution >= 0.6 is 7.82 Å². The van der Waals surface area contributed by atoms with Crippen LogP contribution in [0.25, 0.3) is 0 Å². The van der Waals surface area contributed by atoms with Gasteiger partial charge in [-0.05, 0) is 0 Å². The predicted octanol–water partition coefficient (Wildman–Crippen LogP) is -2.54. The highest BCUT2D eigenvalue weighted by atomic mass is 31.2. The van der Waals surface area contributed by atoms with E-state index in [-0.39, 0.29) is 11.7 Å². The Bertz CT molecular complexity index is 285. The van der Waals surface area contributed by atoms with Gasteiger partial charge < -0.3 is 25.1 Å². The van der Waals surface area contributed by atoms with Crippen LogP contribution in [0.15, 0.2) is 0 Å². The Morgan fingerprint density at radius 2 is 2.21 bits per heavy atom. The number of aliphatic hydroxyl groups excluding tert-OH is 2. The molecule has 6 N–H and O–H groups in total. The minimum absolute atomic E-state index is 0.243. The number of aliphatic hydroxyl groups is 3. The minimum atomic E-state index is -4.80. The third kappa shape index (κ3) is 2.97. The summed E-state index contributed by atoms with van der Waals surface area (Å²) in [6, 6.07) is 0. The first kappa shape index (κ1) is 10.5. The van der Waals surface area contributed by atoms with Crippen LogP contribution in [0.2, 0.25) is 1.41 Å². The standard InChI is InChI=1S/C5H12NO7P/c7-3-1-4(8)6-5(3,9)2-13-14(10,11)12/h3-4,6-9H,1-2H2,(H2,10,11,12)/t3-,4?,5+/m0/s1/i/hD. The van der Waals surface area contributed by atoms with E-state index in [2.05, 4.69) is 4.52 Å². The zero-order chi connectivity index (χ0) is 11.9. The fraction of sp³-hybridized carbons (Fsp3) is 1.00. The van der Waals surface area contributed by atoms with Gasteiger partial charge in [-0.2, -0.15) is 0 Å².